The average molecular weight is 296 g/mol. The van der Waals surface area contributed by atoms with E-state index in [9.17, 15) is 14.7 Å². The molecule has 3 N–H and O–H groups in total. The van der Waals surface area contributed by atoms with Crippen LogP contribution in [0.3, 0.4) is 0 Å². The van der Waals surface area contributed by atoms with Gasteiger partial charge < -0.3 is 9.52 Å². The zero-order valence-corrected chi connectivity index (χ0v) is 11.4. The first-order valence-electron chi connectivity index (χ1n) is 6.52. The molecule has 0 aliphatic rings. The number of carbonyl (C=O) groups is 2. The summed E-state index contributed by atoms with van der Waals surface area (Å²) in [6.07, 6.45) is 1.35. The minimum atomic E-state index is -0.616. The highest BCUT2D eigenvalue weighted by Crippen LogP contribution is 2.26. The average Bonchev–Trinajstić information content (AvgIpc) is 3.06. The maximum absolute atomic E-state index is 12.2. The molecule has 1 aromatic heterocycles. The van der Waals surface area contributed by atoms with Crippen LogP contribution in [0.15, 0.2) is 59.2 Å². The second kappa shape index (κ2) is 5.61. The highest BCUT2D eigenvalue weighted by molar-refractivity contribution is 6.10. The van der Waals surface area contributed by atoms with Gasteiger partial charge in [0.05, 0.1) is 11.8 Å². The number of rotatable bonds is 2. The molecule has 0 aliphatic heterocycles. The lowest BCUT2D eigenvalue weighted by Gasteiger charge is -2.10. The summed E-state index contributed by atoms with van der Waals surface area (Å²) >= 11 is 0. The molecular weight excluding hydrogens is 284 g/mol. The third-order valence-electron chi connectivity index (χ3n) is 3.17. The summed E-state index contributed by atoms with van der Waals surface area (Å²) in [5.41, 5.74) is 4.59. The first kappa shape index (κ1) is 13.7. The zero-order valence-electron chi connectivity index (χ0n) is 11.4. The number of hydrogen-bond acceptors (Lipinski definition) is 4. The molecule has 1 heterocycles. The summed E-state index contributed by atoms with van der Waals surface area (Å²) in [5.74, 6) is -1.29. The summed E-state index contributed by atoms with van der Waals surface area (Å²) in [7, 11) is 0. The van der Waals surface area contributed by atoms with Crippen molar-refractivity contribution in [3.63, 3.8) is 0 Å². The Morgan fingerprint density at radius 1 is 0.909 bits per heavy atom. The number of hydrogen-bond donors (Lipinski definition) is 3. The highest BCUT2D eigenvalue weighted by atomic mass is 16.3. The van der Waals surface area contributed by atoms with Crippen LogP contribution in [0.2, 0.25) is 0 Å². The normalized spacial score (nSPS) is 10.4. The maximum atomic E-state index is 12.2. The van der Waals surface area contributed by atoms with Crippen LogP contribution < -0.4 is 10.9 Å². The van der Waals surface area contributed by atoms with Gasteiger partial charge in [0, 0.05) is 0 Å². The van der Waals surface area contributed by atoms with Gasteiger partial charge in [0.25, 0.3) is 5.91 Å². The number of fused-ring (bicyclic) bond motifs is 1. The summed E-state index contributed by atoms with van der Waals surface area (Å²) < 4.78 is 4.91. The fourth-order valence-corrected chi connectivity index (χ4v) is 2.14. The molecule has 0 bridgehead atoms. The summed E-state index contributed by atoms with van der Waals surface area (Å²) in [6, 6.07) is 13.3. The fourth-order valence-electron chi connectivity index (χ4n) is 2.14. The molecule has 0 spiro atoms. The number of phenolic OH excluding ortho intramolecular Hbond substituents is 1. The minimum Gasteiger partial charge on any atom is -0.507 e. The van der Waals surface area contributed by atoms with Gasteiger partial charge in [0.2, 0.25) is 0 Å². The molecule has 0 saturated heterocycles. The second-order valence-corrected chi connectivity index (χ2v) is 4.57. The number of furan rings is 1. The fraction of sp³-hybridized carbons (Fsp3) is 0. The Morgan fingerprint density at radius 2 is 1.68 bits per heavy atom. The molecule has 2 amide bonds. The van der Waals surface area contributed by atoms with E-state index in [0.717, 1.165) is 5.39 Å². The van der Waals surface area contributed by atoms with Gasteiger partial charge in [-0.15, -0.1) is 0 Å². The lowest BCUT2D eigenvalue weighted by Crippen LogP contribution is -2.41. The van der Waals surface area contributed by atoms with Gasteiger partial charge >= 0.3 is 5.91 Å². The van der Waals surface area contributed by atoms with E-state index in [2.05, 4.69) is 10.9 Å². The Kier molecular flexibility index (Phi) is 3.49. The predicted molar refractivity (Wildman–Crippen MR) is 79.3 cm³/mol. The molecule has 0 unspecified atom stereocenters. The van der Waals surface area contributed by atoms with Crippen molar-refractivity contribution >= 4 is 22.6 Å². The monoisotopic (exact) mass is 296 g/mol. The van der Waals surface area contributed by atoms with Crippen molar-refractivity contribution in [2.24, 2.45) is 0 Å². The van der Waals surface area contributed by atoms with E-state index in [4.69, 9.17) is 4.42 Å². The predicted octanol–water partition coefficient (Wildman–Crippen LogP) is 2.21. The molecule has 2 aromatic carbocycles. The zero-order chi connectivity index (χ0) is 15.5. The number of hydrazine groups is 1. The smallest absolute Gasteiger partial charge is 0.305 e. The molecule has 0 fully saturated rings. The second-order valence-electron chi connectivity index (χ2n) is 4.57. The van der Waals surface area contributed by atoms with Crippen LogP contribution in [0.1, 0.15) is 20.9 Å². The number of benzene rings is 2. The third-order valence-corrected chi connectivity index (χ3v) is 3.17. The number of carbonyl (C=O) groups excluding carboxylic acids is 2. The highest BCUT2D eigenvalue weighted by Gasteiger charge is 2.16. The molecule has 6 nitrogen and oxygen atoms in total. The maximum Gasteiger partial charge on any atom is 0.305 e. The van der Waals surface area contributed by atoms with E-state index in [1.807, 2.05) is 12.1 Å². The van der Waals surface area contributed by atoms with Crippen LogP contribution in [0.4, 0.5) is 0 Å². The van der Waals surface area contributed by atoms with Gasteiger partial charge in [0.1, 0.15) is 5.75 Å². The minimum absolute atomic E-state index is 0.0717. The topological polar surface area (TPSA) is 91.6 Å². The van der Waals surface area contributed by atoms with Gasteiger partial charge in [-0.25, -0.2) is 0 Å². The van der Waals surface area contributed by atoms with E-state index in [1.165, 1.54) is 18.4 Å². The summed E-state index contributed by atoms with van der Waals surface area (Å²) in [5, 5.41) is 11.3. The van der Waals surface area contributed by atoms with Crippen LogP contribution in [0, 0.1) is 0 Å². The molecule has 22 heavy (non-hydrogen) atoms. The van der Waals surface area contributed by atoms with Crippen LogP contribution >= 0.6 is 0 Å². The molecular formula is C16H12N2O4. The van der Waals surface area contributed by atoms with Crippen LogP contribution in [-0.4, -0.2) is 16.9 Å². The van der Waals surface area contributed by atoms with E-state index in [0.29, 0.717) is 5.39 Å². The Bertz CT molecular complexity index is 840. The van der Waals surface area contributed by atoms with E-state index in [1.54, 1.807) is 24.3 Å². The molecule has 0 aliphatic carbocycles. The Labute approximate surface area is 125 Å². The van der Waals surface area contributed by atoms with Crippen molar-refractivity contribution in [3.8, 4) is 5.75 Å². The molecule has 0 radical (unpaired) electrons. The van der Waals surface area contributed by atoms with Crippen molar-refractivity contribution in [2.45, 2.75) is 0 Å². The van der Waals surface area contributed by atoms with Gasteiger partial charge in [-0.2, -0.15) is 0 Å². The van der Waals surface area contributed by atoms with Gasteiger partial charge in [0.15, 0.2) is 5.76 Å². The summed E-state index contributed by atoms with van der Waals surface area (Å²) in [6.45, 7) is 0. The largest absolute Gasteiger partial charge is 0.507 e. The number of amides is 2. The number of nitrogens with one attached hydrogen (secondary N) is 2. The van der Waals surface area contributed by atoms with Crippen molar-refractivity contribution in [3.05, 3.63) is 66.1 Å². The van der Waals surface area contributed by atoms with Gasteiger partial charge in [-0.1, -0.05) is 30.3 Å². The van der Waals surface area contributed by atoms with Crippen molar-refractivity contribution < 1.29 is 19.1 Å². The molecule has 3 rings (SSSR count). The summed E-state index contributed by atoms with van der Waals surface area (Å²) in [4.78, 5) is 23.9. The van der Waals surface area contributed by atoms with Crippen LogP contribution in [0.5, 0.6) is 5.75 Å². The quantitative estimate of drug-likeness (QED) is 0.632. The standard InChI is InChI=1S/C16H12N2O4/c19-12-8-7-10-4-1-2-5-11(10)14(12)16(21)18-17-15(20)13-6-3-9-22-13/h1-9,19H,(H,17,20)(H,18,21). The third kappa shape index (κ3) is 2.49. The van der Waals surface area contributed by atoms with Crippen molar-refractivity contribution in [2.75, 3.05) is 0 Å². The molecule has 3 aromatic rings. The van der Waals surface area contributed by atoms with E-state index in [-0.39, 0.29) is 17.1 Å². The van der Waals surface area contributed by atoms with Crippen molar-refractivity contribution in [1.29, 1.82) is 0 Å². The Hall–Kier alpha value is -3.28. The van der Waals surface area contributed by atoms with Gasteiger partial charge in [-0.3, -0.25) is 20.4 Å². The molecule has 0 atom stereocenters. The Morgan fingerprint density at radius 3 is 2.45 bits per heavy atom. The van der Waals surface area contributed by atoms with E-state index >= 15 is 0 Å². The first-order valence-corrected chi connectivity index (χ1v) is 6.52. The van der Waals surface area contributed by atoms with E-state index < -0.39 is 11.8 Å². The molecule has 6 heteroatoms. The first-order chi connectivity index (χ1) is 10.7. The lowest BCUT2D eigenvalue weighted by atomic mass is 10.0. The lowest BCUT2D eigenvalue weighted by molar-refractivity contribution is 0.0830. The number of aromatic hydroxyl groups is 1. The van der Waals surface area contributed by atoms with Crippen LogP contribution in [0.25, 0.3) is 10.8 Å². The van der Waals surface area contributed by atoms with Gasteiger partial charge in [-0.05, 0) is 29.0 Å². The molecule has 110 valence electrons. The SMILES string of the molecule is O=C(NNC(=O)c1c(O)ccc2ccccc12)c1ccco1. The number of phenols is 1. The Balaban J connectivity index is 1.83. The van der Waals surface area contributed by atoms with Crippen molar-refractivity contribution in [1.82, 2.24) is 10.9 Å². The molecule has 0 saturated carbocycles. The van der Waals surface area contributed by atoms with Crippen LogP contribution in [-0.2, 0) is 0 Å².